The third kappa shape index (κ3) is 5.86. The molecular formula is C24H31N3O4S. The van der Waals surface area contributed by atoms with Crippen LogP contribution in [0.2, 0.25) is 0 Å². The maximum absolute atomic E-state index is 12.7. The van der Waals surface area contributed by atoms with Crippen LogP contribution >= 0.6 is 0 Å². The predicted molar refractivity (Wildman–Crippen MR) is 122 cm³/mol. The monoisotopic (exact) mass is 457 g/mol. The van der Waals surface area contributed by atoms with Crippen molar-refractivity contribution >= 4 is 15.9 Å². The molecule has 32 heavy (non-hydrogen) atoms. The highest BCUT2D eigenvalue weighted by atomic mass is 32.2. The zero-order chi connectivity index (χ0) is 22.4. The molecule has 1 saturated heterocycles. The van der Waals surface area contributed by atoms with Gasteiger partial charge in [0.25, 0.3) is 0 Å². The Labute approximate surface area is 190 Å². The highest BCUT2D eigenvalue weighted by Gasteiger charge is 2.25. The maximum Gasteiger partial charge on any atom is 0.243 e. The molecule has 4 rings (SSSR count). The molecule has 1 saturated carbocycles. The molecule has 2 heterocycles. The molecule has 2 fully saturated rings. The van der Waals surface area contributed by atoms with Crippen molar-refractivity contribution in [1.82, 2.24) is 14.6 Å². The van der Waals surface area contributed by atoms with Crippen molar-refractivity contribution in [2.75, 3.05) is 13.1 Å². The van der Waals surface area contributed by atoms with E-state index in [0.29, 0.717) is 25.5 Å². The summed E-state index contributed by atoms with van der Waals surface area (Å²) in [5.74, 6) is 0.487. The number of ether oxygens (including phenoxy) is 1. The first kappa shape index (κ1) is 22.7. The number of nitrogens with zero attached hydrogens (tertiary/aromatic N) is 2. The Hall–Kier alpha value is -2.45. The minimum Gasteiger partial charge on any atom is -0.474 e. The van der Waals surface area contributed by atoms with Crippen LogP contribution < -0.4 is 10.1 Å². The first-order valence-corrected chi connectivity index (χ1v) is 12.9. The number of hydrogen-bond donors (Lipinski definition) is 1. The van der Waals surface area contributed by atoms with Gasteiger partial charge >= 0.3 is 0 Å². The second-order valence-electron chi connectivity index (χ2n) is 8.59. The van der Waals surface area contributed by atoms with Gasteiger partial charge < -0.3 is 10.1 Å². The Bertz CT molecular complexity index is 1010. The number of carbonyl (C=O) groups is 1. The molecular weight excluding hydrogens is 426 g/mol. The average molecular weight is 458 g/mol. The number of pyridine rings is 1. The predicted octanol–water partition coefficient (Wildman–Crippen LogP) is 3.44. The number of benzene rings is 1. The van der Waals surface area contributed by atoms with Crippen LogP contribution in [0.3, 0.4) is 0 Å². The molecule has 1 N–H and O–H groups in total. The first-order chi connectivity index (χ1) is 15.5. The molecule has 1 aromatic carbocycles. The van der Waals surface area contributed by atoms with Crippen LogP contribution in [0, 0.1) is 0 Å². The Morgan fingerprint density at radius 3 is 2.44 bits per heavy atom. The lowest BCUT2D eigenvalue weighted by molar-refractivity contribution is -0.120. The van der Waals surface area contributed by atoms with Gasteiger partial charge in [0.05, 0.1) is 11.3 Å². The van der Waals surface area contributed by atoms with E-state index in [9.17, 15) is 13.2 Å². The van der Waals surface area contributed by atoms with E-state index in [-0.39, 0.29) is 23.3 Å². The fourth-order valence-electron chi connectivity index (χ4n) is 4.28. The van der Waals surface area contributed by atoms with Crippen molar-refractivity contribution < 1.29 is 17.9 Å². The van der Waals surface area contributed by atoms with Crippen LogP contribution in [0.5, 0.6) is 5.88 Å². The van der Waals surface area contributed by atoms with E-state index in [1.165, 1.54) is 12.8 Å². The summed E-state index contributed by atoms with van der Waals surface area (Å²) in [4.78, 5) is 17.0. The van der Waals surface area contributed by atoms with Gasteiger partial charge in [0.1, 0.15) is 6.10 Å². The highest BCUT2D eigenvalue weighted by Crippen LogP contribution is 2.23. The highest BCUT2D eigenvalue weighted by molar-refractivity contribution is 7.89. The van der Waals surface area contributed by atoms with Crippen LogP contribution in [0.4, 0.5) is 0 Å². The summed E-state index contributed by atoms with van der Waals surface area (Å²) in [5, 5.41) is 2.92. The lowest BCUT2D eigenvalue weighted by Crippen LogP contribution is -2.35. The minimum atomic E-state index is -3.45. The van der Waals surface area contributed by atoms with Gasteiger partial charge in [0.2, 0.25) is 21.8 Å². The minimum absolute atomic E-state index is 0.119. The molecule has 1 aliphatic heterocycles. The smallest absolute Gasteiger partial charge is 0.243 e. The number of aromatic nitrogens is 1. The lowest BCUT2D eigenvalue weighted by atomic mass is 10.1. The van der Waals surface area contributed by atoms with Crippen molar-refractivity contribution in [3.63, 3.8) is 0 Å². The van der Waals surface area contributed by atoms with E-state index in [2.05, 4.69) is 10.3 Å². The number of piperidine rings is 1. The van der Waals surface area contributed by atoms with Gasteiger partial charge in [0.15, 0.2) is 0 Å². The van der Waals surface area contributed by atoms with Crippen molar-refractivity contribution in [2.45, 2.75) is 68.9 Å². The van der Waals surface area contributed by atoms with Crippen molar-refractivity contribution in [3.05, 3.63) is 53.7 Å². The largest absolute Gasteiger partial charge is 0.474 e. The fourth-order valence-corrected chi connectivity index (χ4v) is 5.80. The van der Waals surface area contributed by atoms with Crippen LogP contribution in [0.25, 0.3) is 0 Å². The first-order valence-electron chi connectivity index (χ1n) is 11.5. The summed E-state index contributed by atoms with van der Waals surface area (Å²) in [6.07, 6.45) is 9.57. The summed E-state index contributed by atoms with van der Waals surface area (Å²) in [6, 6.07) is 10.4. The Morgan fingerprint density at radius 2 is 1.72 bits per heavy atom. The third-order valence-corrected chi connectivity index (χ3v) is 8.03. The molecule has 0 bridgehead atoms. The third-order valence-electron chi connectivity index (χ3n) is 6.12. The van der Waals surface area contributed by atoms with Crippen molar-refractivity contribution in [2.24, 2.45) is 0 Å². The van der Waals surface area contributed by atoms with E-state index in [1.54, 1.807) is 34.8 Å². The van der Waals surface area contributed by atoms with Crippen LogP contribution in [0.15, 0.2) is 47.5 Å². The number of amides is 1. The fraction of sp³-hybridized carbons (Fsp3) is 0.500. The van der Waals surface area contributed by atoms with Crippen LogP contribution in [-0.4, -0.2) is 42.8 Å². The van der Waals surface area contributed by atoms with Gasteiger partial charge in [-0.25, -0.2) is 13.4 Å². The normalized spacial score (nSPS) is 17.9. The quantitative estimate of drug-likeness (QED) is 0.656. The van der Waals surface area contributed by atoms with Gasteiger partial charge in [-0.1, -0.05) is 18.6 Å². The molecule has 8 heteroatoms. The summed E-state index contributed by atoms with van der Waals surface area (Å²) in [6.45, 7) is 1.55. The van der Waals surface area contributed by atoms with Crippen LogP contribution in [-0.2, 0) is 27.8 Å². The second-order valence-corrected chi connectivity index (χ2v) is 10.5. The summed E-state index contributed by atoms with van der Waals surface area (Å²) >= 11 is 0. The van der Waals surface area contributed by atoms with Gasteiger partial charge in [0, 0.05) is 31.9 Å². The Balaban J connectivity index is 1.29. The molecule has 172 valence electrons. The van der Waals surface area contributed by atoms with E-state index in [1.807, 2.05) is 12.1 Å². The van der Waals surface area contributed by atoms with Gasteiger partial charge in [-0.2, -0.15) is 4.31 Å². The van der Waals surface area contributed by atoms with Crippen molar-refractivity contribution in [3.8, 4) is 5.88 Å². The SMILES string of the molecule is O=C(Cc1ccc(S(=O)(=O)N2CCCCC2)cc1)NCc1ccnc(OC2CCCC2)c1. The van der Waals surface area contributed by atoms with E-state index < -0.39 is 10.0 Å². The van der Waals surface area contributed by atoms with Gasteiger partial charge in [-0.3, -0.25) is 4.79 Å². The van der Waals surface area contributed by atoms with Crippen LogP contribution in [0.1, 0.15) is 56.1 Å². The molecule has 1 amide bonds. The molecule has 0 atom stereocenters. The molecule has 2 aromatic rings. The Morgan fingerprint density at radius 1 is 1.00 bits per heavy atom. The topological polar surface area (TPSA) is 88.6 Å². The van der Waals surface area contributed by atoms with E-state index in [4.69, 9.17) is 4.74 Å². The molecule has 2 aliphatic rings. The second kappa shape index (κ2) is 10.4. The zero-order valence-electron chi connectivity index (χ0n) is 18.3. The summed E-state index contributed by atoms with van der Waals surface area (Å²) in [7, 11) is -3.45. The van der Waals surface area contributed by atoms with Gasteiger partial charge in [-0.15, -0.1) is 0 Å². The molecule has 1 aromatic heterocycles. The number of carbonyl (C=O) groups excluding carboxylic acids is 1. The maximum atomic E-state index is 12.7. The number of rotatable bonds is 8. The Kier molecular flexibility index (Phi) is 7.42. The lowest BCUT2D eigenvalue weighted by Gasteiger charge is -2.25. The van der Waals surface area contributed by atoms with E-state index in [0.717, 1.165) is 43.2 Å². The molecule has 7 nitrogen and oxygen atoms in total. The van der Waals surface area contributed by atoms with E-state index >= 15 is 0 Å². The molecule has 0 unspecified atom stereocenters. The summed E-state index contributed by atoms with van der Waals surface area (Å²) < 4.78 is 33.0. The number of nitrogens with one attached hydrogen (secondary N) is 1. The van der Waals surface area contributed by atoms with Gasteiger partial charge in [-0.05, 0) is 67.9 Å². The zero-order valence-corrected chi connectivity index (χ0v) is 19.1. The standard InChI is InChI=1S/C24H31N3O4S/c28-23(26-18-20-12-13-25-24(17-20)31-21-6-2-3-7-21)16-19-8-10-22(11-9-19)32(29,30)27-14-4-1-5-15-27/h8-13,17,21H,1-7,14-16,18H2,(H,26,28). The number of sulfonamides is 1. The molecule has 0 spiro atoms. The summed E-state index contributed by atoms with van der Waals surface area (Å²) in [5.41, 5.74) is 1.71. The number of hydrogen-bond acceptors (Lipinski definition) is 5. The molecule has 0 radical (unpaired) electrons. The van der Waals surface area contributed by atoms with Crippen molar-refractivity contribution in [1.29, 1.82) is 0 Å². The average Bonchev–Trinajstić information content (AvgIpc) is 3.32. The molecule has 1 aliphatic carbocycles.